The zero-order chi connectivity index (χ0) is 12.1. The van der Waals surface area contributed by atoms with E-state index in [4.69, 9.17) is 11.5 Å². The van der Waals surface area contributed by atoms with Crippen molar-refractivity contribution in [3.63, 3.8) is 0 Å². The van der Waals surface area contributed by atoms with Gasteiger partial charge in [0.15, 0.2) is 0 Å². The number of hydrogen-bond donors (Lipinski definition) is 2. The molecule has 3 heteroatoms. The first kappa shape index (κ1) is 11.6. The van der Waals surface area contributed by atoms with Crippen LogP contribution in [0.25, 0.3) is 0 Å². The van der Waals surface area contributed by atoms with Crippen molar-refractivity contribution < 1.29 is 0 Å². The van der Waals surface area contributed by atoms with Crippen molar-refractivity contribution in [1.82, 2.24) is 0 Å². The molecule has 2 aromatic rings. The van der Waals surface area contributed by atoms with Crippen LogP contribution >= 0.6 is 0 Å². The zero-order valence-corrected chi connectivity index (χ0v) is 9.66. The Morgan fingerprint density at radius 1 is 0.765 bits per heavy atom. The number of rotatable bonds is 4. The first-order chi connectivity index (χ1) is 8.27. The summed E-state index contributed by atoms with van der Waals surface area (Å²) in [6.45, 7) is 0.591. The van der Waals surface area contributed by atoms with Gasteiger partial charge in [0.05, 0.1) is 12.7 Å². The molecule has 0 aliphatic heterocycles. The lowest BCUT2D eigenvalue weighted by atomic mass is 10.2. The van der Waals surface area contributed by atoms with E-state index in [0.29, 0.717) is 6.54 Å². The molecule has 0 spiro atoms. The van der Waals surface area contributed by atoms with E-state index < -0.39 is 0 Å². The van der Waals surface area contributed by atoms with E-state index in [9.17, 15) is 0 Å². The van der Waals surface area contributed by atoms with Gasteiger partial charge in [0.1, 0.15) is 0 Å². The molecule has 0 atom stereocenters. The highest BCUT2D eigenvalue weighted by atomic mass is 15.2. The van der Waals surface area contributed by atoms with Crippen molar-refractivity contribution in [2.24, 2.45) is 11.5 Å². The van der Waals surface area contributed by atoms with Crippen LogP contribution in [0.15, 0.2) is 60.7 Å². The van der Waals surface area contributed by atoms with Crippen molar-refractivity contribution in [3.8, 4) is 0 Å². The summed E-state index contributed by atoms with van der Waals surface area (Å²) in [6, 6.07) is 20.2. The van der Waals surface area contributed by atoms with E-state index in [1.165, 1.54) is 0 Å². The minimum Gasteiger partial charge on any atom is -0.339 e. The largest absolute Gasteiger partial charge is 0.339 e. The van der Waals surface area contributed by atoms with Crippen LogP contribution in [-0.2, 0) is 0 Å². The number of nitrogens with zero attached hydrogens (tertiary/aromatic N) is 1. The van der Waals surface area contributed by atoms with Crippen LogP contribution in [0.3, 0.4) is 0 Å². The number of hydrogen-bond acceptors (Lipinski definition) is 3. The van der Waals surface area contributed by atoms with Gasteiger partial charge in [-0.1, -0.05) is 36.4 Å². The second-order valence-electron chi connectivity index (χ2n) is 3.95. The molecule has 0 radical (unpaired) electrons. The summed E-state index contributed by atoms with van der Waals surface area (Å²) in [4.78, 5) is 2.12. The highest BCUT2D eigenvalue weighted by molar-refractivity contribution is 5.62. The normalized spacial score (nSPS) is 10.5. The zero-order valence-electron chi connectivity index (χ0n) is 9.66. The maximum Gasteiger partial charge on any atom is 0.0706 e. The predicted octanol–water partition coefficient (Wildman–Crippen LogP) is 2.07. The Hall–Kier alpha value is -1.84. The third-order valence-electron chi connectivity index (χ3n) is 2.53. The number of para-hydroxylation sites is 2. The molecule has 0 heterocycles. The average Bonchev–Trinajstić information content (AvgIpc) is 2.38. The molecule has 2 aromatic carbocycles. The Balaban J connectivity index is 2.32. The van der Waals surface area contributed by atoms with Crippen LogP contribution < -0.4 is 16.4 Å². The predicted molar refractivity (Wildman–Crippen MR) is 72.1 cm³/mol. The van der Waals surface area contributed by atoms with Gasteiger partial charge in [0.25, 0.3) is 0 Å². The summed E-state index contributed by atoms with van der Waals surface area (Å²) >= 11 is 0. The highest BCUT2D eigenvalue weighted by Gasteiger charge is 2.10. The van der Waals surface area contributed by atoms with Crippen LogP contribution in [0.1, 0.15) is 0 Å². The van der Waals surface area contributed by atoms with Gasteiger partial charge in [0.2, 0.25) is 0 Å². The number of anilines is 2. The van der Waals surface area contributed by atoms with Gasteiger partial charge in [-0.25, -0.2) is 0 Å². The number of benzene rings is 2. The van der Waals surface area contributed by atoms with E-state index in [2.05, 4.69) is 29.2 Å². The van der Waals surface area contributed by atoms with Gasteiger partial charge in [-0.05, 0) is 24.3 Å². The monoisotopic (exact) mass is 227 g/mol. The summed E-state index contributed by atoms with van der Waals surface area (Å²) < 4.78 is 0. The molecule has 3 nitrogen and oxygen atoms in total. The summed E-state index contributed by atoms with van der Waals surface area (Å²) in [5.41, 5.74) is 13.6. The molecular weight excluding hydrogens is 210 g/mol. The van der Waals surface area contributed by atoms with Crippen LogP contribution in [-0.4, -0.2) is 12.7 Å². The van der Waals surface area contributed by atoms with E-state index >= 15 is 0 Å². The second kappa shape index (κ2) is 5.48. The summed E-state index contributed by atoms with van der Waals surface area (Å²) in [5.74, 6) is 0. The average molecular weight is 227 g/mol. The highest BCUT2D eigenvalue weighted by Crippen LogP contribution is 2.24. The van der Waals surface area contributed by atoms with Crippen molar-refractivity contribution in [3.05, 3.63) is 60.7 Å². The van der Waals surface area contributed by atoms with Gasteiger partial charge in [0, 0.05) is 11.4 Å². The lowest BCUT2D eigenvalue weighted by molar-refractivity contribution is 0.703. The molecule has 0 saturated carbocycles. The summed E-state index contributed by atoms with van der Waals surface area (Å²) in [5, 5.41) is 0. The first-order valence-corrected chi connectivity index (χ1v) is 5.66. The van der Waals surface area contributed by atoms with E-state index in [1.54, 1.807) is 0 Å². The second-order valence-corrected chi connectivity index (χ2v) is 3.95. The maximum atomic E-state index is 5.70. The molecule has 0 saturated heterocycles. The molecule has 2 rings (SSSR count). The van der Waals surface area contributed by atoms with Crippen molar-refractivity contribution in [1.29, 1.82) is 0 Å². The molecule has 0 aromatic heterocycles. The molecule has 0 bridgehead atoms. The van der Waals surface area contributed by atoms with Crippen molar-refractivity contribution in [2.75, 3.05) is 11.4 Å². The fourth-order valence-electron chi connectivity index (χ4n) is 1.79. The molecule has 0 unspecified atom stereocenters. The minimum atomic E-state index is -0.365. The molecule has 0 amide bonds. The molecule has 4 N–H and O–H groups in total. The van der Waals surface area contributed by atoms with Gasteiger partial charge in [-0.15, -0.1) is 0 Å². The minimum absolute atomic E-state index is 0.365. The molecule has 0 aliphatic carbocycles. The summed E-state index contributed by atoms with van der Waals surface area (Å²) in [6.07, 6.45) is -0.365. The Labute approximate surface area is 102 Å². The standard InChI is InChI=1S/C14H17N3/c15-14(16)11-17(12-7-3-1-4-8-12)13-9-5-2-6-10-13/h1-10,14H,11,15-16H2. The van der Waals surface area contributed by atoms with Crippen molar-refractivity contribution in [2.45, 2.75) is 6.17 Å². The molecule has 88 valence electrons. The Morgan fingerprint density at radius 2 is 1.18 bits per heavy atom. The summed E-state index contributed by atoms with van der Waals surface area (Å²) in [7, 11) is 0. The van der Waals surface area contributed by atoms with E-state index in [1.807, 2.05) is 36.4 Å². The fraction of sp³-hybridized carbons (Fsp3) is 0.143. The molecular formula is C14H17N3. The smallest absolute Gasteiger partial charge is 0.0706 e. The topological polar surface area (TPSA) is 55.3 Å². The Kier molecular flexibility index (Phi) is 3.75. The molecule has 17 heavy (non-hydrogen) atoms. The van der Waals surface area contributed by atoms with Gasteiger partial charge in [-0.2, -0.15) is 0 Å². The van der Waals surface area contributed by atoms with Crippen LogP contribution in [0.2, 0.25) is 0 Å². The Bertz CT molecular complexity index is 400. The van der Waals surface area contributed by atoms with Gasteiger partial charge >= 0.3 is 0 Å². The van der Waals surface area contributed by atoms with Gasteiger partial charge in [-0.3, -0.25) is 0 Å². The first-order valence-electron chi connectivity index (χ1n) is 5.66. The third kappa shape index (κ3) is 3.06. The number of nitrogens with two attached hydrogens (primary N) is 2. The third-order valence-corrected chi connectivity index (χ3v) is 2.53. The fourth-order valence-corrected chi connectivity index (χ4v) is 1.79. The van der Waals surface area contributed by atoms with E-state index in [-0.39, 0.29) is 6.17 Å². The van der Waals surface area contributed by atoms with Crippen LogP contribution in [0, 0.1) is 0 Å². The lowest BCUT2D eigenvalue weighted by Gasteiger charge is -2.26. The molecule has 0 aliphatic rings. The van der Waals surface area contributed by atoms with Crippen molar-refractivity contribution >= 4 is 11.4 Å². The molecule has 0 fully saturated rings. The maximum absolute atomic E-state index is 5.70. The van der Waals surface area contributed by atoms with E-state index in [0.717, 1.165) is 11.4 Å². The quantitative estimate of drug-likeness (QED) is 0.786. The lowest BCUT2D eigenvalue weighted by Crippen LogP contribution is -2.41. The SMILES string of the molecule is NC(N)CN(c1ccccc1)c1ccccc1. The van der Waals surface area contributed by atoms with Gasteiger partial charge < -0.3 is 16.4 Å². The van der Waals surface area contributed by atoms with Crippen LogP contribution in [0.5, 0.6) is 0 Å². The van der Waals surface area contributed by atoms with Crippen LogP contribution in [0.4, 0.5) is 11.4 Å². The Morgan fingerprint density at radius 3 is 1.53 bits per heavy atom.